The van der Waals surface area contributed by atoms with Gasteiger partial charge in [0.25, 0.3) is 5.91 Å². The zero-order valence-electron chi connectivity index (χ0n) is 21.0. The number of halogens is 3. The Hall–Kier alpha value is -3.96. The summed E-state index contributed by atoms with van der Waals surface area (Å²) in [7, 11) is 0. The number of aromatic nitrogens is 2. The van der Waals surface area contributed by atoms with Crippen LogP contribution in [0.3, 0.4) is 0 Å². The number of nitrogens with one attached hydrogen (secondary N) is 1. The first-order chi connectivity index (χ1) is 18.8. The topological polar surface area (TPSA) is 85.7 Å². The lowest BCUT2D eigenvalue weighted by Gasteiger charge is -2.26. The van der Waals surface area contributed by atoms with E-state index in [1.807, 2.05) is 18.2 Å². The van der Waals surface area contributed by atoms with E-state index >= 15 is 0 Å². The number of carbonyl (C=O) groups excluding carboxylic acids is 2. The molecule has 204 valence electrons. The summed E-state index contributed by atoms with van der Waals surface area (Å²) in [6.45, 7) is 4.67. The fraction of sp³-hybridized carbons (Fsp3) is 0.321. The van der Waals surface area contributed by atoms with Crippen LogP contribution in [0.4, 0.5) is 13.2 Å². The number of morpholine rings is 1. The molecule has 2 aromatic heterocycles. The van der Waals surface area contributed by atoms with Gasteiger partial charge >= 0.3 is 12.1 Å². The molecule has 1 N–H and O–H groups in total. The molecule has 0 spiro atoms. The highest BCUT2D eigenvalue weighted by Crippen LogP contribution is 2.29. The Morgan fingerprint density at radius 1 is 1.10 bits per heavy atom. The number of alkyl halides is 3. The van der Waals surface area contributed by atoms with Gasteiger partial charge in [-0.3, -0.25) is 14.7 Å². The van der Waals surface area contributed by atoms with Crippen LogP contribution in [0.2, 0.25) is 0 Å². The van der Waals surface area contributed by atoms with Gasteiger partial charge in [0.2, 0.25) is 0 Å². The summed E-state index contributed by atoms with van der Waals surface area (Å²) in [5.41, 5.74) is 3.70. The van der Waals surface area contributed by atoms with E-state index in [0.29, 0.717) is 11.3 Å². The van der Waals surface area contributed by atoms with E-state index in [2.05, 4.69) is 27.3 Å². The Morgan fingerprint density at radius 2 is 1.87 bits per heavy atom. The largest absolute Gasteiger partial charge is 0.493 e. The van der Waals surface area contributed by atoms with Crippen LogP contribution >= 0.6 is 0 Å². The lowest BCUT2D eigenvalue weighted by Crippen LogP contribution is -2.37. The van der Waals surface area contributed by atoms with Gasteiger partial charge in [0.1, 0.15) is 0 Å². The third-order valence-electron chi connectivity index (χ3n) is 6.68. The molecule has 0 saturated carbocycles. The van der Waals surface area contributed by atoms with Gasteiger partial charge < -0.3 is 14.9 Å². The average molecular weight is 541 g/mol. The minimum absolute atomic E-state index is 0.149. The minimum Gasteiger partial charge on any atom is -0.379 e. The van der Waals surface area contributed by atoms with Gasteiger partial charge in [-0.2, -0.15) is 17.9 Å². The average Bonchev–Trinajstić information content (AvgIpc) is 3.31. The van der Waals surface area contributed by atoms with Crippen LogP contribution in [0.15, 0.2) is 48.7 Å². The second-order valence-corrected chi connectivity index (χ2v) is 9.32. The first kappa shape index (κ1) is 26.6. The maximum atomic E-state index is 13.0. The van der Waals surface area contributed by atoms with E-state index in [-0.39, 0.29) is 29.9 Å². The molecule has 39 heavy (non-hydrogen) atoms. The SMILES string of the molecule is O=C1NCCc2c1cc(-c1ccnc(C=Cc3ccc(CCN4CCOCC4)cc3)c1)n2OC(=O)C(F)(F)F. The number of ether oxygens (including phenoxy) is 1. The number of nitrogens with zero attached hydrogens (tertiary/aromatic N) is 3. The molecule has 0 aliphatic carbocycles. The van der Waals surface area contributed by atoms with Gasteiger partial charge in [-0.1, -0.05) is 30.3 Å². The summed E-state index contributed by atoms with van der Waals surface area (Å²) in [4.78, 5) is 35.4. The Bertz CT molecular complexity index is 1380. The predicted molar refractivity (Wildman–Crippen MR) is 138 cm³/mol. The van der Waals surface area contributed by atoms with Gasteiger partial charge in [0.15, 0.2) is 0 Å². The molecule has 1 amide bonds. The van der Waals surface area contributed by atoms with E-state index in [0.717, 1.165) is 49.6 Å². The zero-order valence-corrected chi connectivity index (χ0v) is 21.0. The number of carbonyl (C=O) groups is 2. The molecule has 0 radical (unpaired) electrons. The smallest absolute Gasteiger partial charge is 0.379 e. The van der Waals surface area contributed by atoms with Crippen LogP contribution in [0.25, 0.3) is 23.4 Å². The van der Waals surface area contributed by atoms with Gasteiger partial charge in [-0.15, -0.1) is 0 Å². The Balaban J connectivity index is 1.33. The highest BCUT2D eigenvalue weighted by molar-refractivity contribution is 5.98. The van der Waals surface area contributed by atoms with Crippen LogP contribution in [0.1, 0.15) is 32.9 Å². The number of hydrogen-bond acceptors (Lipinski definition) is 6. The Morgan fingerprint density at radius 3 is 2.62 bits per heavy atom. The minimum atomic E-state index is -5.18. The van der Waals surface area contributed by atoms with E-state index in [9.17, 15) is 22.8 Å². The van der Waals surface area contributed by atoms with Crippen molar-refractivity contribution in [1.82, 2.24) is 19.9 Å². The number of benzene rings is 1. The lowest BCUT2D eigenvalue weighted by molar-refractivity contribution is -0.199. The molecule has 11 heteroatoms. The molecule has 2 aliphatic heterocycles. The fourth-order valence-corrected chi connectivity index (χ4v) is 4.58. The second kappa shape index (κ2) is 11.4. The third-order valence-corrected chi connectivity index (χ3v) is 6.68. The monoisotopic (exact) mass is 540 g/mol. The molecule has 0 atom stereocenters. The van der Waals surface area contributed by atoms with Crippen LogP contribution in [-0.4, -0.2) is 72.1 Å². The first-order valence-corrected chi connectivity index (χ1v) is 12.6. The van der Waals surface area contributed by atoms with Gasteiger partial charge in [0, 0.05) is 44.4 Å². The number of pyridine rings is 1. The Kier molecular flexibility index (Phi) is 7.80. The highest BCUT2D eigenvalue weighted by Gasteiger charge is 2.43. The molecule has 3 aromatic rings. The van der Waals surface area contributed by atoms with Crippen molar-refractivity contribution in [2.24, 2.45) is 0 Å². The quantitative estimate of drug-likeness (QED) is 0.495. The van der Waals surface area contributed by atoms with Crippen molar-refractivity contribution >= 4 is 24.0 Å². The molecular weight excluding hydrogens is 513 g/mol. The van der Waals surface area contributed by atoms with Crippen LogP contribution in [0.5, 0.6) is 0 Å². The summed E-state index contributed by atoms with van der Waals surface area (Å²) in [6, 6.07) is 12.9. The molecule has 0 bridgehead atoms. The maximum Gasteiger partial charge on any atom is 0.493 e. The van der Waals surface area contributed by atoms with E-state index in [4.69, 9.17) is 9.57 Å². The van der Waals surface area contributed by atoms with Crippen LogP contribution < -0.4 is 10.2 Å². The summed E-state index contributed by atoms with van der Waals surface area (Å²) in [5, 5.41) is 2.65. The standard InChI is InChI=1S/C28H27F3N4O4/c29-28(30,31)27(37)39-35-24-8-11-33-26(36)23(24)18-25(35)21-7-10-32-22(17-21)6-5-19-1-3-20(4-2-19)9-12-34-13-15-38-16-14-34/h1-7,10,17-18H,8-9,11-16H2,(H,33,36). The molecule has 1 aromatic carbocycles. The number of hydrogen-bond donors (Lipinski definition) is 1. The normalized spacial score (nSPS) is 16.2. The predicted octanol–water partition coefficient (Wildman–Crippen LogP) is 3.40. The highest BCUT2D eigenvalue weighted by atomic mass is 19.4. The van der Waals surface area contributed by atoms with Crippen molar-refractivity contribution in [1.29, 1.82) is 0 Å². The van der Waals surface area contributed by atoms with Crippen molar-refractivity contribution in [3.8, 4) is 11.3 Å². The summed E-state index contributed by atoms with van der Waals surface area (Å²) in [5.74, 6) is -2.81. The fourth-order valence-electron chi connectivity index (χ4n) is 4.58. The molecule has 8 nitrogen and oxygen atoms in total. The Labute approximate surface area is 223 Å². The van der Waals surface area contributed by atoms with Gasteiger partial charge in [0.05, 0.1) is 35.9 Å². The molecule has 1 saturated heterocycles. The maximum absolute atomic E-state index is 13.0. The summed E-state index contributed by atoms with van der Waals surface area (Å²) >= 11 is 0. The van der Waals surface area contributed by atoms with Crippen molar-refractivity contribution in [2.75, 3.05) is 39.4 Å². The molecule has 1 fully saturated rings. The molecule has 4 heterocycles. The number of fused-ring (bicyclic) bond motifs is 1. The number of rotatable bonds is 7. The van der Waals surface area contributed by atoms with E-state index < -0.39 is 18.1 Å². The van der Waals surface area contributed by atoms with Crippen LogP contribution in [0, 0.1) is 0 Å². The molecular formula is C28H27F3N4O4. The molecule has 2 aliphatic rings. The van der Waals surface area contributed by atoms with Crippen molar-refractivity contribution in [3.63, 3.8) is 0 Å². The van der Waals surface area contributed by atoms with Crippen molar-refractivity contribution in [3.05, 3.63) is 76.7 Å². The third kappa shape index (κ3) is 6.37. The van der Waals surface area contributed by atoms with Crippen molar-refractivity contribution < 1.29 is 32.3 Å². The van der Waals surface area contributed by atoms with E-state index in [1.165, 1.54) is 17.8 Å². The van der Waals surface area contributed by atoms with Crippen molar-refractivity contribution in [2.45, 2.75) is 19.0 Å². The van der Waals surface area contributed by atoms with Gasteiger partial charge in [-0.05, 0) is 41.8 Å². The lowest BCUT2D eigenvalue weighted by atomic mass is 10.1. The number of amides is 1. The summed E-state index contributed by atoms with van der Waals surface area (Å²) < 4.78 is 45.1. The zero-order chi connectivity index (χ0) is 27.4. The molecule has 5 rings (SSSR count). The first-order valence-electron chi connectivity index (χ1n) is 12.6. The van der Waals surface area contributed by atoms with E-state index in [1.54, 1.807) is 18.2 Å². The summed E-state index contributed by atoms with van der Waals surface area (Å²) in [6.07, 6.45) is 1.16. The van der Waals surface area contributed by atoms with Crippen LogP contribution in [-0.2, 0) is 22.4 Å². The van der Waals surface area contributed by atoms with Gasteiger partial charge in [-0.25, -0.2) is 4.79 Å². The second-order valence-electron chi connectivity index (χ2n) is 9.32. The molecule has 0 unspecified atom stereocenters.